The highest BCUT2D eigenvalue weighted by atomic mass is 35.5. The lowest BCUT2D eigenvalue weighted by molar-refractivity contribution is 0.165. The number of hydrogen-bond donors (Lipinski definition) is 1. The number of anilines is 1. The van der Waals surface area contributed by atoms with Crippen molar-refractivity contribution in [3.8, 4) is 0 Å². The van der Waals surface area contributed by atoms with Crippen molar-refractivity contribution in [1.29, 1.82) is 0 Å². The van der Waals surface area contributed by atoms with Crippen LogP contribution in [-0.4, -0.2) is 38.2 Å². The Morgan fingerprint density at radius 1 is 1.47 bits per heavy atom. The fourth-order valence-corrected chi connectivity index (χ4v) is 2.99. The number of nitrogens with one attached hydrogen (secondary N) is 1. The van der Waals surface area contributed by atoms with Crippen molar-refractivity contribution >= 4 is 44.1 Å². The Bertz CT molecular complexity index is 585. The molecule has 0 aliphatic heterocycles. The number of nitrogens with zero attached hydrogens (tertiary/aromatic N) is 1. The molecule has 0 aliphatic carbocycles. The average molecular weight is 299 g/mol. The van der Waals surface area contributed by atoms with Gasteiger partial charge in [0.1, 0.15) is 5.00 Å². The van der Waals surface area contributed by atoms with Crippen molar-refractivity contribution < 1.29 is 9.53 Å². The molecular formula is C13H15ClN2O2S. The molecule has 0 atom stereocenters. The fourth-order valence-electron chi connectivity index (χ4n) is 1.62. The van der Waals surface area contributed by atoms with Gasteiger partial charge in [0.05, 0.1) is 11.6 Å². The molecule has 2 aromatic rings. The number of fused-ring (bicyclic) bond motifs is 1. The van der Waals surface area contributed by atoms with Gasteiger partial charge in [0.25, 0.3) is 0 Å². The summed E-state index contributed by atoms with van der Waals surface area (Å²) < 4.78 is 6.00. The number of urea groups is 1. The summed E-state index contributed by atoms with van der Waals surface area (Å²) >= 11 is 7.73. The summed E-state index contributed by atoms with van der Waals surface area (Å²) in [4.78, 5) is 13.5. The van der Waals surface area contributed by atoms with Crippen molar-refractivity contribution in [3.05, 3.63) is 29.3 Å². The second-order valence-electron chi connectivity index (χ2n) is 4.09. The van der Waals surface area contributed by atoms with Gasteiger partial charge in [0.2, 0.25) is 0 Å². The molecule has 4 nitrogen and oxygen atoms in total. The first-order chi connectivity index (χ1) is 9.13. The zero-order valence-electron chi connectivity index (χ0n) is 10.8. The molecule has 102 valence electrons. The van der Waals surface area contributed by atoms with Gasteiger partial charge in [-0.1, -0.05) is 29.8 Å². The second-order valence-corrected chi connectivity index (χ2v) is 5.52. The predicted molar refractivity (Wildman–Crippen MR) is 80.4 cm³/mol. The Balaban J connectivity index is 2.13. The Labute approximate surface area is 120 Å². The van der Waals surface area contributed by atoms with Crippen LogP contribution in [0.3, 0.4) is 0 Å². The minimum absolute atomic E-state index is 0.189. The summed E-state index contributed by atoms with van der Waals surface area (Å²) in [6, 6.07) is 7.61. The lowest BCUT2D eigenvalue weighted by Gasteiger charge is -2.16. The largest absolute Gasteiger partial charge is 0.383 e. The highest BCUT2D eigenvalue weighted by molar-refractivity contribution is 7.23. The molecule has 0 saturated carbocycles. The van der Waals surface area contributed by atoms with Crippen LogP contribution in [0.15, 0.2) is 24.3 Å². The van der Waals surface area contributed by atoms with Crippen molar-refractivity contribution in [2.75, 3.05) is 32.6 Å². The molecule has 0 fully saturated rings. The number of carbonyl (C=O) groups is 1. The first-order valence-electron chi connectivity index (χ1n) is 5.81. The standard InChI is InChI=1S/C13H15ClN2O2S/c1-16(7-8-18-2)13(17)15-12-11(14)9-5-3-4-6-10(9)19-12/h3-6H,7-8H2,1-2H3,(H,15,17). The Morgan fingerprint density at radius 3 is 2.89 bits per heavy atom. The lowest BCUT2D eigenvalue weighted by atomic mass is 10.3. The van der Waals surface area contributed by atoms with Gasteiger partial charge in [-0.15, -0.1) is 11.3 Å². The maximum atomic E-state index is 12.0. The Kier molecular flexibility index (Phi) is 4.63. The van der Waals surface area contributed by atoms with E-state index < -0.39 is 0 Å². The Hall–Kier alpha value is -1.30. The maximum absolute atomic E-state index is 12.0. The normalized spacial score (nSPS) is 10.7. The van der Waals surface area contributed by atoms with E-state index in [1.165, 1.54) is 11.3 Å². The van der Waals surface area contributed by atoms with Gasteiger partial charge in [0.15, 0.2) is 0 Å². The molecular weight excluding hydrogens is 284 g/mol. The van der Waals surface area contributed by atoms with E-state index >= 15 is 0 Å². The second kappa shape index (κ2) is 6.23. The summed E-state index contributed by atoms with van der Waals surface area (Å²) in [5.41, 5.74) is 0. The SMILES string of the molecule is COCCN(C)C(=O)Nc1sc2ccccc2c1Cl. The van der Waals surface area contributed by atoms with Crippen LogP contribution in [0.5, 0.6) is 0 Å². The van der Waals surface area contributed by atoms with E-state index in [1.807, 2.05) is 24.3 Å². The smallest absolute Gasteiger partial charge is 0.322 e. The number of methoxy groups -OCH3 is 1. The van der Waals surface area contributed by atoms with Crippen molar-refractivity contribution in [1.82, 2.24) is 4.90 Å². The number of rotatable bonds is 4. The van der Waals surface area contributed by atoms with E-state index in [4.69, 9.17) is 16.3 Å². The molecule has 1 N–H and O–H groups in total. The average Bonchev–Trinajstić information content (AvgIpc) is 2.73. The van der Waals surface area contributed by atoms with E-state index in [0.29, 0.717) is 23.2 Å². The molecule has 2 amide bonds. The highest BCUT2D eigenvalue weighted by Crippen LogP contribution is 2.39. The first kappa shape index (κ1) is 14.1. The van der Waals surface area contributed by atoms with Crippen LogP contribution in [0.1, 0.15) is 0 Å². The zero-order valence-corrected chi connectivity index (χ0v) is 12.3. The van der Waals surface area contributed by atoms with Gasteiger partial charge in [-0.3, -0.25) is 5.32 Å². The molecule has 0 spiro atoms. The first-order valence-corrected chi connectivity index (χ1v) is 7.01. The summed E-state index contributed by atoms with van der Waals surface area (Å²) in [6.45, 7) is 1.04. The van der Waals surface area contributed by atoms with Crippen molar-refractivity contribution in [3.63, 3.8) is 0 Å². The monoisotopic (exact) mass is 298 g/mol. The lowest BCUT2D eigenvalue weighted by Crippen LogP contribution is -2.33. The van der Waals surface area contributed by atoms with E-state index in [1.54, 1.807) is 19.1 Å². The van der Waals surface area contributed by atoms with Gasteiger partial charge in [-0.2, -0.15) is 0 Å². The van der Waals surface area contributed by atoms with Crippen LogP contribution in [0, 0.1) is 0 Å². The molecule has 0 aliphatic rings. The number of amides is 2. The third-order valence-electron chi connectivity index (χ3n) is 2.73. The van der Waals surface area contributed by atoms with Crippen molar-refractivity contribution in [2.24, 2.45) is 0 Å². The van der Waals surface area contributed by atoms with Crippen LogP contribution in [0.25, 0.3) is 10.1 Å². The van der Waals surface area contributed by atoms with E-state index in [2.05, 4.69) is 5.32 Å². The number of carbonyl (C=O) groups excluding carboxylic acids is 1. The number of halogens is 1. The summed E-state index contributed by atoms with van der Waals surface area (Å²) in [5.74, 6) is 0. The van der Waals surface area contributed by atoms with Gasteiger partial charge >= 0.3 is 6.03 Å². The molecule has 1 aromatic heterocycles. The molecule has 0 unspecified atom stereocenters. The van der Waals surface area contributed by atoms with E-state index in [9.17, 15) is 4.79 Å². The molecule has 1 heterocycles. The highest BCUT2D eigenvalue weighted by Gasteiger charge is 2.14. The number of benzene rings is 1. The van der Waals surface area contributed by atoms with Crippen LogP contribution in [0.4, 0.5) is 9.80 Å². The van der Waals surface area contributed by atoms with Gasteiger partial charge in [-0.25, -0.2) is 4.79 Å². The number of likely N-dealkylation sites (N-methyl/N-ethyl adjacent to an activating group) is 1. The molecule has 1 aromatic carbocycles. The number of hydrogen-bond acceptors (Lipinski definition) is 3. The molecule has 19 heavy (non-hydrogen) atoms. The minimum atomic E-state index is -0.189. The maximum Gasteiger partial charge on any atom is 0.322 e. The quantitative estimate of drug-likeness (QED) is 0.936. The third-order valence-corrected chi connectivity index (χ3v) is 4.32. The Morgan fingerprint density at radius 2 is 2.21 bits per heavy atom. The van der Waals surface area contributed by atoms with Crippen LogP contribution in [0.2, 0.25) is 5.02 Å². The topological polar surface area (TPSA) is 41.6 Å². The van der Waals surface area contributed by atoms with Gasteiger partial charge < -0.3 is 9.64 Å². The number of ether oxygens (including phenoxy) is 1. The van der Waals surface area contributed by atoms with E-state index in [-0.39, 0.29) is 6.03 Å². The predicted octanol–water partition coefficient (Wildman–Crippen LogP) is 3.66. The van der Waals surface area contributed by atoms with Gasteiger partial charge in [-0.05, 0) is 6.07 Å². The van der Waals surface area contributed by atoms with Gasteiger partial charge in [0, 0.05) is 30.8 Å². The summed E-state index contributed by atoms with van der Waals surface area (Å²) in [5, 5.41) is 5.06. The van der Waals surface area contributed by atoms with E-state index in [0.717, 1.165) is 10.1 Å². The zero-order chi connectivity index (χ0) is 13.8. The van der Waals surface area contributed by atoms with Crippen molar-refractivity contribution in [2.45, 2.75) is 0 Å². The molecule has 0 saturated heterocycles. The fraction of sp³-hybridized carbons (Fsp3) is 0.308. The van der Waals surface area contributed by atoms with Crippen LogP contribution < -0.4 is 5.32 Å². The molecule has 0 radical (unpaired) electrons. The van der Waals surface area contributed by atoms with Crippen LogP contribution >= 0.6 is 22.9 Å². The summed E-state index contributed by atoms with van der Waals surface area (Å²) in [7, 11) is 3.32. The number of thiophene rings is 1. The molecule has 6 heteroatoms. The molecule has 2 rings (SSSR count). The third kappa shape index (κ3) is 3.18. The summed E-state index contributed by atoms with van der Waals surface area (Å²) in [6.07, 6.45) is 0. The molecule has 0 bridgehead atoms. The van der Waals surface area contributed by atoms with Crippen LogP contribution in [-0.2, 0) is 4.74 Å². The minimum Gasteiger partial charge on any atom is -0.383 e.